The van der Waals surface area contributed by atoms with Gasteiger partial charge < -0.3 is 21.3 Å². The van der Waals surface area contributed by atoms with E-state index in [9.17, 15) is 14.4 Å². The highest BCUT2D eigenvalue weighted by molar-refractivity contribution is 6.05. The number of hydrogen-bond donors (Lipinski definition) is 5. The van der Waals surface area contributed by atoms with Gasteiger partial charge in [-0.25, -0.2) is 39.4 Å². The number of amides is 3. The molecule has 5 aromatic heterocycles. The average Bonchev–Trinajstić information content (AvgIpc) is 4.15. The van der Waals surface area contributed by atoms with E-state index in [1.807, 2.05) is 50.9 Å². The van der Waals surface area contributed by atoms with Gasteiger partial charge in [0.15, 0.2) is 17.1 Å². The molecule has 4 aliphatic rings. The molecule has 9 rings (SSSR count). The van der Waals surface area contributed by atoms with Crippen molar-refractivity contribution < 1.29 is 14.4 Å². The van der Waals surface area contributed by atoms with E-state index in [2.05, 4.69) is 109 Å². The second-order valence-electron chi connectivity index (χ2n) is 16.2. The summed E-state index contributed by atoms with van der Waals surface area (Å²) in [6.07, 6.45) is 14.8. The number of allylic oxidation sites excluding steroid dienone is 1. The van der Waals surface area contributed by atoms with Gasteiger partial charge in [0.1, 0.15) is 34.7 Å². The molecule has 0 spiro atoms. The number of hydrogen-bond acceptors (Lipinski definition) is 13. The summed E-state index contributed by atoms with van der Waals surface area (Å²) in [6, 6.07) is 5.68. The van der Waals surface area contributed by atoms with Crippen LogP contribution in [0, 0.1) is 31.6 Å². The molecule has 334 valence electrons. The van der Waals surface area contributed by atoms with Gasteiger partial charge in [-0.2, -0.15) is 5.10 Å². The molecule has 7 heterocycles. The Kier molecular flexibility index (Phi) is 15.0. The van der Waals surface area contributed by atoms with Crippen molar-refractivity contribution in [3.63, 3.8) is 0 Å². The average molecular weight is 860 g/mol. The van der Waals surface area contributed by atoms with Crippen LogP contribution in [-0.2, 0) is 16.0 Å². The van der Waals surface area contributed by atoms with Crippen molar-refractivity contribution in [3.8, 4) is 0 Å². The Labute approximate surface area is 368 Å². The molecule has 18 nitrogen and oxygen atoms in total. The number of nitrogens with one attached hydrogen (secondary N) is 5. The summed E-state index contributed by atoms with van der Waals surface area (Å²) >= 11 is 0. The van der Waals surface area contributed by atoms with Crippen molar-refractivity contribution in [2.75, 3.05) is 29.5 Å². The predicted molar refractivity (Wildman–Crippen MR) is 245 cm³/mol. The minimum Gasteiger partial charge on any atom is -0.355 e. The van der Waals surface area contributed by atoms with Gasteiger partial charge in [-0.15, -0.1) is 5.10 Å². The first kappa shape index (κ1) is 46.0. The van der Waals surface area contributed by atoms with Gasteiger partial charge in [-0.05, 0) is 69.9 Å². The maximum Gasteiger partial charge on any atom is 0.256 e. The van der Waals surface area contributed by atoms with E-state index in [-0.39, 0.29) is 29.6 Å². The lowest BCUT2D eigenvalue weighted by Gasteiger charge is -2.29. The van der Waals surface area contributed by atoms with Gasteiger partial charge in [0.05, 0.1) is 6.20 Å². The number of rotatable bonds is 10. The number of hydrazine groups is 1. The largest absolute Gasteiger partial charge is 0.355 e. The molecule has 63 heavy (non-hydrogen) atoms. The molecule has 2 aliphatic heterocycles. The number of fused-ring (bicyclic) bond motifs is 3. The van der Waals surface area contributed by atoms with Crippen LogP contribution in [0.15, 0.2) is 65.5 Å². The summed E-state index contributed by atoms with van der Waals surface area (Å²) < 4.78 is 3.39. The Morgan fingerprint density at radius 2 is 1.57 bits per heavy atom. The van der Waals surface area contributed by atoms with E-state index < -0.39 is 0 Å². The van der Waals surface area contributed by atoms with Crippen LogP contribution in [0.4, 0.5) is 17.5 Å². The molecule has 2 aliphatic carbocycles. The van der Waals surface area contributed by atoms with Crippen molar-refractivity contribution >= 4 is 52.3 Å². The number of aliphatic imine (C=N–C) groups is 1. The van der Waals surface area contributed by atoms with Crippen LogP contribution in [0.2, 0.25) is 0 Å². The highest BCUT2D eigenvalue weighted by Crippen LogP contribution is 2.32. The third-order valence-electron chi connectivity index (χ3n) is 10.3. The fourth-order valence-electron chi connectivity index (χ4n) is 6.87. The molecule has 18 heteroatoms. The molecular weight excluding hydrogens is 799 g/mol. The summed E-state index contributed by atoms with van der Waals surface area (Å²) in [4.78, 5) is 57.6. The molecule has 0 atom stereocenters. The summed E-state index contributed by atoms with van der Waals surface area (Å²) in [5, 5.41) is 22.2. The number of aromatic nitrogens is 8. The molecule has 0 bridgehead atoms. The predicted octanol–water partition coefficient (Wildman–Crippen LogP) is 6.74. The summed E-state index contributed by atoms with van der Waals surface area (Å²) in [5.74, 6) is 5.25. The monoisotopic (exact) mass is 860 g/mol. The zero-order chi connectivity index (χ0) is 45.4. The third kappa shape index (κ3) is 11.5. The SMILES string of the molecule is CC.CC(C)c1cc(NC(=O)C2CC2)nn2ccnc12.CCCc1cc(NC(=O)C2CC2)nc2c(C(=O)NC)cnn12.Cc1cc(NC2=NC3=CCNN3C(C(C)C)=C2)nc(C)n1. The van der Waals surface area contributed by atoms with Gasteiger partial charge in [0.25, 0.3) is 5.91 Å². The Balaban J connectivity index is 0.000000155. The molecule has 2 fully saturated rings. The van der Waals surface area contributed by atoms with Crippen LogP contribution in [0.25, 0.3) is 11.3 Å². The molecule has 2 saturated carbocycles. The molecule has 0 radical (unpaired) electrons. The highest BCUT2D eigenvalue weighted by atomic mass is 16.2. The van der Waals surface area contributed by atoms with E-state index in [1.165, 1.54) is 11.9 Å². The van der Waals surface area contributed by atoms with Crippen molar-refractivity contribution in [2.45, 2.75) is 107 Å². The number of carbonyl (C=O) groups excluding carboxylic acids is 3. The lowest BCUT2D eigenvalue weighted by atomic mass is 10.1. The van der Waals surface area contributed by atoms with Crippen molar-refractivity contribution in [3.05, 3.63) is 88.8 Å². The van der Waals surface area contributed by atoms with Gasteiger partial charge >= 0.3 is 0 Å². The number of carbonyl (C=O) groups is 3. The molecule has 5 aromatic rings. The second kappa shape index (κ2) is 20.5. The minimum absolute atomic E-state index is 0.000284. The van der Waals surface area contributed by atoms with Crippen LogP contribution in [0.3, 0.4) is 0 Å². The molecular formula is C45H61N15O3. The third-order valence-corrected chi connectivity index (χ3v) is 10.3. The highest BCUT2D eigenvalue weighted by Gasteiger charge is 2.31. The lowest BCUT2D eigenvalue weighted by Crippen LogP contribution is -2.36. The van der Waals surface area contributed by atoms with Gasteiger partial charge in [0.2, 0.25) is 11.8 Å². The standard InChI is InChI=1S/C15H20N6.C15H19N5O2.C13H16N4O.C2H6/c1-9(2)12-8-14(20-15-5-6-16-21(12)15)19-13-7-10(3)17-11(4)18-13;1-3-4-10-7-12(19-14(21)9-5-6-9)18-13-11(15(22)16-2)8-17-20(10)13;1-8(2)10-7-11(15-13(18)9-3-4-9)16-17-6-5-14-12(10)17;1-2/h5,7-9,16H,6H2,1-4H3,(H,17,18,19,20);7-9H,3-6H2,1-2H3,(H,16,22)(H,18,19,21);5-9H,3-4H2,1-2H3,(H,15,16,18);1-2H3. The normalized spacial score (nSPS) is 15.2. The number of imidazole rings is 1. The molecule has 3 amide bonds. The van der Waals surface area contributed by atoms with Gasteiger partial charge in [-0.1, -0.05) is 54.9 Å². The van der Waals surface area contributed by atoms with Crippen LogP contribution >= 0.6 is 0 Å². The number of amidine groups is 1. The zero-order valence-corrected chi connectivity index (χ0v) is 38.1. The smallest absolute Gasteiger partial charge is 0.256 e. The van der Waals surface area contributed by atoms with Crippen LogP contribution < -0.4 is 26.7 Å². The maximum atomic E-state index is 11.9. The lowest BCUT2D eigenvalue weighted by molar-refractivity contribution is -0.118. The topological polar surface area (TPSA) is 213 Å². The summed E-state index contributed by atoms with van der Waals surface area (Å²) in [7, 11) is 1.57. The molecule has 0 aromatic carbocycles. The first-order valence-corrected chi connectivity index (χ1v) is 22.0. The van der Waals surface area contributed by atoms with Crippen LogP contribution in [0.5, 0.6) is 0 Å². The fraction of sp³-hybridized carbons (Fsp3) is 0.467. The Morgan fingerprint density at radius 3 is 2.19 bits per heavy atom. The number of anilines is 3. The summed E-state index contributed by atoms with van der Waals surface area (Å²) in [6.45, 7) is 19.3. The second-order valence-corrected chi connectivity index (χ2v) is 16.2. The van der Waals surface area contributed by atoms with Gasteiger partial charge in [0, 0.05) is 78.7 Å². The van der Waals surface area contributed by atoms with Crippen molar-refractivity contribution in [1.82, 2.24) is 54.9 Å². The van der Waals surface area contributed by atoms with E-state index >= 15 is 0 Å². The Hall–Kier alpha value is -6.56. The Morgan fingerprint density at radius 1 is 0.873 bits per heavy atom. The molecule has 0 unspecified atom stereocenters. The van der Waals surface area contributed by atoms with E-state index in [0.29, 0.717) is 34.7 Å². The molecule has 0 saturated heterocycles. The maximum absolute atomic E-state index is 11.9. The summed E-state index contributed by atoms with van der Waals surface area (Å²) in [5.41, 5.74) is 9.19. The van der Waals surface area contributed by atoms with Crippen LogP contribution in [0.1, 0.15) is 120 Å². The van der Waals surface area contributed by atoms with Gasteiger partial charge in [-0.3, -0.25) is 19.4 Å². The first-order chi connectivity index (χ1) is 30.3. The van der Waals surface area contributed by atoms with Crippen molar-refractivity contribution in [2.24, 2.45) is 22.7 Å². The van der Waals surface area contributed by atoms with Crippen molar-refractivity contribution in [1.29, 1.82) is 0 Å². The number of nitrogens with zero attached hydrogens (tertiary/aromatic N) is 10. The zero-order valence-electron chi connectivity index (χ0n) is 38.1. The van der Waals surface area contributed by atoms with E-state index in [4.69, 9.17) is 0 Å². The minimum atomic E-state index is -0.240. The fourth-order valence-corrected chi connectivity index (χ4v) is 6.87. The quantitative estimate of drug-likeness (QED) is 0.0989. The number of aryl methyl sites for hydroxylation is 3. The van der Waals surface area contributed by atoms with Crippen LogP contribution in [-0.4, -0.2) is 81.3 Å². The van der Waals surface area contributed by atoms with E-state index in [1.54, 1.807) is 28.5 Å². The molecule has 5 N–H and O–H groups in total. The Bertz CT molecular complexity index is 2520. The van der Waals surface area contributed by atoms with E-state index in [0.717, 1.165) is 91.0 Å². The first-order valence-electron chi connectivity index (χ1n) is 22.0.